The molecule has 0 aromatic rings. The molecule has 0 radical (unpaired) electrons. The van der Waals surface area contributed by atoms with E-state index >= 15 is 0 Å². The van der Waals surface area contributed by atoms with Crippen LogP contribution >= 0.6 is 0 Å². The molecule has 24 heavy (non-hydrogen) atoms. The zero-order chi connectivity index (χ0) is 18.4. The molecule has 6 heteroatoms. The van der Waals surface area contributed by atoms with Crippen LogP contribution in [0.25, 0.3) is 0 Å². The lowest BCUT2D eigenvalue weighted by Crippen LogP contribution is -2.51. The summed E-state index contributed by atoms with van der Waals surface area (Å²) in [6.07, 6.45) is 3.64. The highest BCUT2D eigenvalue weighted by Gasteiger charge is 2.42. The summed E-state index contributed by atoms with van der Waals surface area (Å²) in [4.78, 5) is 0. The molecule has 1 N–H and O–H groups in total. The lowest BCUT2D eigenvalue weighted by molar-refractivity contribution is -0.150. The summed E-state index contributed by atoms with van der Waals surface area (Å²) in [5.74, 6) is 0. The number of rotatable bonds is 9. The molecule has 0 aromatic heterocycles. The maximum atomic E-state index is 9.77. The van der Waals surface area contributed by atoms with E-state index in [9.17, 15) is 5.11 Å². The van der Waals surface area contributed by atoms with Crippen molar-refractivity contribution in [1.29, 1.82) is 0 Å². The van der Waals surface area contributed by atoms with Crippen LogP contribution in [0.1, 0.15) is 53.4 Å². The Hall–Kier alpha value is 0.0169. The lowest BCUT2D eigenvalue weighted by Gasteiger charge is -2.44. The summed E-state index contributed by atoms with van der Waals surface area (Å²) >= 11 is 0. The van der Waals surface area contributed by atoms with Gasteiger partial charge in [0.2, 0.25) is 0 Å². The Bertz CT molecular complexity index is 356. The van der Waals surface area contributed by atoms with Crippen molar-refractivity contribution < 1.29 is 23.7 Å². The van der Waals surface area contributed by atoms with E-state index in [1.54, 1.807) is 7.11 Å². The maximum Gasteiger partial charge on any atom is 0.192 e. The first-order valence-electron chi connectivity index (χ1n) is 9.19. The van der Waals surface area contributed by atoms with E-state index in [4.69, 9.17) is 18.6 Å². The fraction of sp³-hybridized carbons (Fsp3) is 1.00. The Morgan fingerprint density at radius 2 is 1.92 bits per heavy atom. The van der Waals surface area contributed by atoms with Gasteiger partial charge in [0, 0.05) is 7.11 Å². The van der Waals surface area contributed by atoms with Gasteiger partial charge in [-0.3, -0.25) is 0 Å². The molecule has 4 atom stereocenters. The first-order valence-corrected chi connectivity index (χ1v) is 12.1. The van der Waals surface area contributed by atoms with Crippen molar-refractivity contribution in [2.75, 3.05) is 20.5 Å². The SMILES string of the molecule is CCC(C[C@H]1CC[C@H](O[Si](C)(C)C(C)(C)C)[C@@H](CO)O1)OCOC. The van der Waals surface area contributed by atoms with Crippen molar-refractivity contribution in [3.8, 4) is 0 Å². The number of hydrogen-bond donors (Lipinski definition) is 1. The van der Waals surface area contributed by atoms with Crippen molar-refractivity contribution in [3.63, 3.8) is 0 Å². The van der Waals surface area contributed by atoms with E-state index in [-0.39, 0.29) is 36.1 Å². The molecule has 1 aliphatic rings. The fourth-order valence-electron chi connectivity index (χ4n) is 2.77. The fourth-order valence-corrected chi connectivity index (χ4v) is 4.15. The monoisotopic (exact) mass is 362 g/mol. The average Bonchev–Trinajstić information content (AvgIpc) is 2.51. The molecule has 0 bridgehead atoms. The Kier molecular flexibility index (Phi) is 8.86. The molecule has 0 aromatic carbocycles. The van der Waals surface area contributed by atoms with Crippen molar-refractivity contribution in [1.82, 2.24) is 0 Å². The Labute approximate surface area is 149 Å². The van der Waals surface area contributed by atoms with Gasteiger partial charge in [-0.05, 0) is 43.8 Å². The molecule has 1 saturated heterocycles. The topological polar surface area (TPSA) is 57.2 Å². The minimum absolute atomic E-state index is 0.00547. The summed E-state index contributed by atoms with van der Waals surface area (Å²) in [5, 5.41) is 9.93. The van der Waals surface area contributed by atoms with Crippen LogP contribution in [0.5, 0.6) is 0 Å². The van der Waals surface area contributed by atoms with E-state index in [0.717, 1.165) is 25.7 Å². The highest BCUT2D eigenvalue weighted by atomic mass is 28.4. The normalized spacial score (nSPS) is 27.2. The molecule has 0 spiro atoms. The van der Waals surface area contributed by atoms with Gasteiger partial charge in [0.1, 0.15) is 12.9 Å². The minimum atomic E-state index is -1.86. The second kappa shape index (κ2) is 9.64. The summed E-state index contributed by atoms with van der Waals surface area (Å²) in [6, 6.07) is 0. The molecule has 1 aliphatic heterocycles. The molecule has 0 saturated carbocycles. The summed E-state index contributed by atoms with van der Waals surface area (Å²) in [6.45, 7) is 13.6. The lowest BCUT2D eigenvalue weighted by atomic mass is 9.97. The summed E-state index contributed by atoms with van der Waals surface area (Å²) in [5.41, 5.74) is 0. The summed E-state index contributed by atoms with van der Waals surface area (Å²) < 4.78 is 23.3. The van der Waals surface area contributed by atoms with E-state index in [2.05, 4.69) is 40.8 Å². The number of aliphatic hydroxyl groups excluding tert-OH is 1. The molecule has 1 fully saturated rings. The quantitative estimate of drug-likeness (QED) is 0.500. The molecule has 0 aliphatic carbocycles. The van der Waals surface area contributed by atoms with Gasteiger partial charge in [-0.25, -0.2) is 0 Å². The van der Waals surface area contributed by atoms with Crippen molar-refractivity contribution in [2.45, 2.75) is 95.9 Å². The summed E-state index contributed by atoms with van der Waals surface area (Å²) in [7, 11) is -0.228. The second-order valence-electron chi connectivity index (χ2n) is 8.31. The van der Waals surface area contributed by atoms with Crippen LogP contribution in [0, 0.1) is 0 Å². The van der Waals surface area contributed by atoms with Gasteiger partial charge in [0.25, 0.3) is 0 Å². The van der Waals surface area contributed by atoms with E-state index in [1.165, 1.54) is 0 Å². The van der Waals surface area contributed by atoms with E-state index < -0.39 is 8.32 Å². The predicted molar refractivity (Wildman–Crippen MR) is 98.7 cm³/mol. The van der Waals surface area contributed by atoms with Crippen LogP contribution in [-0.2, 0) is 18.6 Å². The van der Waals surface area contributed by atoms with Crippen LogP contribution in [0.3, 0.4) is 0 Å². The average molecular weight is 363 g/mol. The molecule has 144 valence electrons. The number of ether oxygens (including phenoxy) is 3. The largest absolute Gasteiger partial charge is 0.411 e. The van der Waals surface area contributed by atoms with Crippen molar-refractivity contribution in [3.05, 3.63) is 0 Å². The van der Waals surface area contributed by atoms with Gasteiger partial charge in [0.05, 0.1) is 24.9 Å². The predicted octanol–water partition coefficient (Wildman–Crippen LogP) is 3.71. The van der Waals surface area contributed by atoms with Crippen LogP contribution in [0.2, 0.25) is 18.1 Å². The van der Waals surface area contributed by atoms with Gasteiger partial charge in [-0.1, -0.05) is 27.7 Å². The first kappa shape index (κ1) is 22.1. The second-order valence-corrected chi connectivity index (χ2v) is 13.1. The molecule has 1 rings (SSSR count). The van der Waals surface area contributed by atoms with Crippen molar-refractivity contribution >= 4 is 8.32 Å². The number of hydrogen-bond acceptors (Lipinski definition) is 5. The van der Waals surface area contributed by atoms with Crippen LogP contribution in [0.4, 0.5) is 0 Å². The Morgan fingerprint density at radius 1 is 1.25 bits per heavy atom. The standard InChI is InChI=1S/C18H38O5Si/c1-8-14(21-13-20-5)11-15-9-10-16(17(12-19)22-15)23-24(6,7)18(2,3)4/h14-17,19H,8-13H2,1-7H3/t14?,15-,16+,17-/m1/s1. The van der Waals surface area contributed by atoms with Gasteiger partial charge >= 0.3 is 0 Å². The minimum Gasteiger partial charge on any atom is -0.411 e. The number of methoxy groups -OCH3 is 1. The molecular weight excluding hydrogens is 324 g/mol. The van der Waals surface area contributed by atoms with Gasteiger partial charge in [-0.2, -0.15) is 0 Å². The smallest absolute Gasteiger partial charge is 0.192 e. The van der Waals surface area contributed by atoms with E-state index in [0.29, 0.717) is 6.79 Å². The first-order chi connectivity index (χ1) is 11.1. The zero-order valence-corrected chi connectivity index (χ0v) is 17.6. The van der Waals surface area contributed by atoms with Crippen molar-refractivity contribution in [2.24, 2.45) is 0 Å². The maximum absolute atomic E-state index is 9.77. The zero-order valence-electron chi connectivity index (χ0n) is 16.6. The Morgan fingerprint density at radius 3 is 2.42 bits per heavy atom. The third-order valence-electron chi connectivity index (χ3n) is 5.39. The molecule has 5 nitrogen and oxygen atoms in total. The number of aliphatic hydroxyl groups is 1. The highest BCUT2D eigenvalue weighted by molar-refractivity contribution is 6.74. The van der Waals surface area contributed by atoms with Crippen LogP contribution < -0.4 is 0 Å². The van der Waals surface area contributed by atoms with Gasteiger partial charge in [-0.15, -0.1) is 0 Å². The third-order valence-corrected chi connectivity index (χ3v) is 9.89. The highest BCUT2D eigenvalue weighted by Crippen LogP contribution is 2.39. The van der Waals surface area contributed by atoms with Gasteiger partial charge < -0.3 is 23.7 Å². The third kappa shape index (κ3) is 6.39. The van der Waals surface area contributed by atoms with Gasteiger partial charge in [0.15, 0.2) is 8.32 Å². The van der Waals surface area contributed by atoms with Crippen LogP contribution in [0.15, 0.2) is 0 Å². The Balaban J connectivity index is 2.60. The van der Waals surface area contributed by atoms with Crippen LogP contribution in [-0.4, -0.2) is 58.3 Å². The molecule has 1 unspecified atom stereocenters. The molecule has 1 heterocycles. The van der Waals surface area contributed by atoms with E-state index in [1.807, 2.05) is 0 Å². The molecular formula is C18H38O5Si. The molecule has 0 amide bonds.